The Kier molecular flexibility index (Phi) is 4.46. The van der Waals surface area contributed by atoms with E-state index in [-0.39, 0.29) is 0 Å². The molecule has 2 nitrogen and oxygen atoms in total. The van der Waals surface area contributed by atoms with Crippen molar-refractivity contribution in [3.8, 4) is 0 Å². The van der Waals surface area contributed by atoms with E-state index in [9.17, 15) is 0 Å². The Morgan fingerprint density at radius 3 is 2.17 bits per heavy atom. The summed E-state index contributed by atoms with van der Waals surface area (Å²) in [5.74, 6) is 1.09. The van der Waals surface area contributed by atoms with Gasteiger partial charge in [-0.25, -0.2) is 0 Å². The third-order valence-corrected chi connectivity index (χ3v) is 4.77. The molecule has 1 aliphatic rings. The number of rotatable bonds is 3. The lowest BCUT2D eigenvalue weighted by molar-refractivity contribution is 0.0478. The van der Waals surface area contributed by atoms with E-state index in [2.05, 4.69) is 66.3 Å². The van der Waals surface area contributed by atoms with E-state index in [0.717, 1.165) is 4.47 Å². The zero-order chi connectivity index (χ0) is 13.3. The van der Waals surface area contributed by atoms with Crippen molar-refractivity contribution >= 4 is 15.9 Å². The average Bonchev–Trinajstić information content (AvgIpc) is 2.59. The van der Waals surface area contributed by atoms with Crippen molar-refractivity contribution in [3.05, 3.63) is 34.3 Å². The van der Waals surface area contributed by atoms with Crippen LogP contribution in [0.4, 0.5) is 0 Å². The van der Waals surface area contributed by atoms with E-state index in [1.54, 1.807) is 0 Å². The zero-order valence-corrected chi connectivity index (χ0v) is 13.1. The Morgan fingerprint density at radius 2 is 1.72 bits per heavy atom. The standard InChI is InChI=1S/C15H22BrNO/c1-9-10(2)18-11(3)14(9)15(17-4)12-5-7-13(16)8-6-12/h5-11,14-15,17H,1-4H3. The minimum Gasteiger partial charge on any atom is -0.375 e. The highest BCUT2D eigenvalue weighted by atomic mass is 79.9. The van der Waals surface area contributed by atoms with Crippen LogP contribution in [0.3, 0.4) is 0 Å². The number of hydrogen-bond acceptors (Lipinski definition) is 2. The Balaban J connectivity index is 2.25. The largest absolute Gasteiger partial charge is 0.375 e. The van der Waals surface area contributed by atoms with Crippen molar-refractivity contribution in [2.45, 2.75) is 39.0 Å². The van der Waals surface area contributed by atoms with Gasteiger partial charge in [-0.15, -0.1) is 0 Å². The second kappa shape index (κ2) is 5.72. The number of halogens is 1. The molecule has 5 unspecified atom stereocenters. The Morgan fingerprint density at radius 1 is 1.11 bits per heavy atom. The molecule has 0 saturated carbocycles. The molecule has 1 fully saturated rings. The Hall–Kier alpha value is -0.380. The molecule has 0 radical (unpaired) electrons. The highest BCUT2D eigenvalue weighted by molar-refractivity contribution is 9.10. The third kappa shape index (κ3) is 2.63. The van der Waals surface area contributed by atoms with E-state index in [1.165, 1.54) is 5.56 Å². The molecule has 2 rings (SSSR count). The second-order valence-corrected chi connectivity index (χ2v) is 6.22. The quantitative estimate of drug-likeness (QED) is 0.917. The van der Waals surface area contributed by atoms with Crippen LogP contribution in [-0.2, 0) is 4.74 Å². The van der Waals surface area contributed by atoms with Gasteiger partial charge in [0.15, 0.2) is 0 Å². The van der Waals surface area contributed by atoms with Crippen molar-refractivity contribution in [2.75, 3.05) is 7.05 Å². The highest BCUT2D eigenvalue weighted by Crippen LogP contribution is 2.40. The summed E-state index contributed by atoms with van der Waals surface area (Å²) >= 11 is 3.49. The van der Waals surface area contributed by atoms with Crippen LogP contribution in [0.1, 0.15) is 32.4 Å². The van der Waals surface area contributed by atoms with Gasteiger partial charge in [-0.3, -0.25) is 0 Å². The van der Waals surface area contributed by atoms with Crippen LogP contribution in [0.25, 0.3) is 0 Å². The lowest BCUT2D eigenvalue weighted by Gasteiger charge is -2.29. The highest BCUT2D eigenvalue weighted by Gasteiger charge is 2.41. The van der Waals surface area contributed by atoms with E-state index in [1.807, 2.05) is 7.05 Å². The van der Waals surface area contributed by atoms with Crippen molar-refractivity contribution in [1.82, 2.24) is 5.32 Å². The van der Waals surface area contributed by atoms with E-state index < -0.39 is 0 Å². The Labute approximate surface area is 118 Å². The minimum atomic E-state index is 0.302. The molecule has 0 spiro atoms. The van der Waals surface area contributed by atoms with Gasteiger partial charge in [-0.05, 0) is 44.5 Å². The third-order valence-electron chi connectivity index (χ3n) is 4.24. The van der Waals surface area contributed by atoms with Gasteiger partial charge in [0.05, 0.1) is 12.2 Å². The number of nitrogens with one attached hydrogen (secondary N) is 1. The fourth-order valence-electron chi connectivity index (χ4n) is 3.12. The van der Waals surface area contributed by atoms with Gasteiger partial charge in [0.2, 0.25) is 0 Å². The van der Waals surface area contributed by atoms with Crippen LogP contribution in [0.2, 0.25) is 0 Å². The summed E-state index contributed by atoms with van der Waals surface area (Å²) in [5, 5.41) is 3.47. The topological polar surface area (TPSA) is 21.3 Å². The van der Waals surface area contributed by atoms with E-state index in [4.69, 9.17) is 4.74 Å². The van der Waals surface area contributed by atoms with Gasteiger partial charge in [0, 0.05) is 16.4 Å². The fraction of sp³-hybridized carbons (Fsp3) is 0.600. The van der Waals surface area contributed by atoms with Crippen LogP contribution >= 0.6 is 15.9 Å². The predicted molar refractivity (Wildman–Crippen MR) is 78.6 cm³/mol. The molecule has 3 heteroatoms. The van der Waals surface area contributed by atoms with Crippen LogP contribution in [0.5, 0.6) is 0 Å². The SMILES string of the molecule is CNC(c1ccc(Br)cc1)C1C(C)OC(C)C1C. The van der Waals surface area contributed by atoms with Gasteiger partial charge in [0.1, 0.15) is 0 Å². The summed E-state index contributed by atoms with van der Waals surface area (Å²) in [6.07, 6.45) is 0.646. The van der Waals surface area contributed by atoms with Crippen LogP contribution in [0.15, 0.2) is 28.7 Å². The maximum absolute atomic E-state index is 5.96. The molecule has 0 amide bonds. The van der Waals surface area contributed by atoms with Crippen LogP contribution in [-0.4, -0.2) is 19.3 Å². The molecule has 1 N–H and O–H groups in total. The van der Waals surface area contributed by atoms with E-state index >= 15 is 0 Å². The second-order valence-electron chi connectivity index (χ2n) is 5.30. The van der Waals surface area contributed by atoms with E-state index in [0.29, 0.717) is 30.1 Å². The molecular weight excluding hydrogens is 290 g/mol. The average molecular weight is 312 g/mol. The molecule has 5 atom stereocenters. The predicted octanol–water partition coefficient (Wildman–Crippen LogP) is 3.77. The molecule has 0 aliphatic carbocycles. The lowest BCUT2D eigenvalue weighted by Crippen LogP contribution is -2.33. The first-order valence-electron chi connectivity index (χ1n) is 6.62. The molecule has 1 aromatic rings. The molecule has 0 aromatic heterocycles. The molecular formula is C15H22BrNO. The molecule has 100 valence electrons. The van der Waals surface area contributed by atoms with Crippen molar-refractivity contribution in [3.63, 3.8) is 0 Å². The molecule has 1 aliphatic heterocycles. The Bertz CT molecular complexity index is 392. The first-order valence-corrected chi connectivity index (χ1v) is 7.42. The van der Waals surface area contributed by atoms with Gasteiger partial charge in [-0.2, -0.15) is 0 Å². The van der Waals surface area contributed by atoms with Gasteiger partial charge < -0.3 is 10.1 Å². The summed E-state index contributed by atoms with van der Waals surface area (Å²) < 4.78 is 7.09. The monoisotopic (exact) mass is 311 g/mol. The summed E-state index contributed by atoms with van der Waals surface area (Å²) in [7, 11) is 2.04. The first kappa shape index (κ1) is 14.0. The van der Waals surface area contributed by atoms with Crippen molar-refractivity contribution < 1.29 is 4.74 Å². The lowest BCUT2D eigenvalue weighted by atomic mass is 9.80. The molecule has 18 heavy (non-hydrogen) atoms. The number of hydrogen-bond donors (Lipinski definition) is 1. The maximum atomic E-state index is 5.96. The van der Waals surface area contributed by atoms with Crippen LogP contribution in [0, 0.1) is 11.8 Å². The maximum Gasteiger partial charge on any atom is 0.0600 e. The van der Waals surface area contributed by atoms with Gasteiger partial charge >= 0.3 is 0 Å². The molecule has 1 saturated heterocycles. The molecule has 1 heterocycles. The summed E-state index contributed by atoms with van der Waals surface area (Å²) in [6, 6.07) is 8.94. The van der Waals surface area contributed by atoms with Gasteiger partial charge in [-0.1, -0.05) is 35.0 Å². The first-order chi connectivity index (χ1) is 8.54. The smallest absolute Gasteiger partial charge is 0.0600 e. The van der Waals surface area contributed by atoms with Crippen LogP contribution < -0.4 is 5.32 Å². The van der Waals surface area contributed by atoms with Crippen molar-refractivity contribution in [2.24, 2.45) is 11.8 Å². The zero-order valence-electron chi connectivity index (χ0n) is 11.5. The molecule has 0 bridgehead atoms. The summed E-state index contributed by atoms with van der Waals surface area (Å²) in [5.41, 5.74) is 1.34. The van der Waals surface area contributed by atoms with Crippen molar-refractivity contribution in [1.29, 1.82) is 0 Å². The number of ether oxygens (including phenoxy) is 1. The summed E-state index contributed by atoms with van der Waals surface area (Å²) in [4.78, 5) is 0. The minimum absolute atomic E-state index is 0.302. The summed E-state index contributed by atoms with van der Waals surface area (Å²) in [6.45, 7) is 6.66. The normalized spacial score (nSPS) is 33.6. The fourth-order valence-corrected chi connectivity index (χ4v) is 3.38. The molecule has 1 aromatic carbocycles. The van der Waals surface area contributed by atoms with Gasteiger partial charge in [0.25, 0.3) is 0 Å². The number of benzene rings is 1.